The van der Waals surface area contributed by atoms with E-state index in [2.05, 4.69) is 15.7 Å². The highest BCUT2D eigenvalue weighted by molar-refractivity contribution is 6.00. The van der Waals surface area contributed by atoms with Gasteiger partial charge in [-0.15, -0.1) is 0 Å². The SMILES string of the molecule is Cn1nccc1-c1cc(NC(=O)Nc2ccc(F)cc2F)ccc1O[C@H]1CCN(C(=O)OC(C)(C)C)C1. The lowest BCUT2D eigenvalue weighted by Gasteiger charge is -2.24. The van der Waals surface area contributed by atoms with Crippen LogP contribution in [0, 0.1) is 11.6 Å². The molecule has 1 aliphatic heterocycles. The number of halogens is 2. The first-order chi connectivity index (χ1) is 17.5. The van der Waals surface area contributed by atoms with Gasteiger partial charge in [0.1, 0.15) is 29.1 Å². The molecule has 1 saturated heterocycles. The van der Waals surface area contributed by atoms with Gasteiger partial charge >= 0.3 is 12.1 Å². The number of hydrogen-bond donors (Lipinski definition) is 2. The molecule has 2 aromatic carbocycles. The van der Waals surface area contributed by atoms with Gasteiger partial charge in [0.05, 0.1) is 17.9 Å². The number of likely N-dealkylation sites (tertiary alicyclic amines) is 1. The third-order valence-electron chi connectivity index (χ3n) is 5.60. The standard InChI is InChI=1S/C26H29F2N5O4/c1-26(2,3)37-25(35)33-12-10-18(15-33)36-23-8-6-17(14-19(23)22-9-11-29-32(22)4)30-24(34)31-21-7-5-16(27)13-20(21)28/h5-9,11,13-14,18H,10,12,15H2,1-4H3,(H2,30,31,34)/t18-/m0/s1. The van der Waals surface area contributed by atoms with Crippen molar-refractivity contribution in [3.63, 3.8) is 0 Å². The lowest BCUT2D eigenvalue weighted by Crippen LogP contribution is -2.36. The Hall–Kier alpha value is -4.15. The first-order valence-corrected chi connectivity index (χ1v) is 11.8. The van der Waals surface area contributed by atoms with Gasteiger partial charge in [0.2, 0.25) is 0 Å². The minimum Gasteiger partial charge on any atom is -0.488 e. The van der Waals surface area contributed by atoms with Gasteiger partial charge in [0, 0.05) is 43.5 Å². The van der Waals surface area contributed by atoms with Gasteiger partial charge in [-0.25, -0.2) is 18.4 Å². The van der Waals surface area contributed by atoms with Crippen LogP contribution in [0.2, 0.25) is 0 Å². The quantitative estimate of drug-likeness (QED) is 0.476. The van der Waals surface area contributed by atoms with Crippen molar-refractivity contribution in [2.75, 3.05) is 23.7 Å². The van der Waals surface area contributed by atoms with Crippen LogP contribution in [0.1, 0.15) is 27.2 Å². The van der Waals surface area contributed by atoms with E-state index in [0.29, 0.717) is 42.6 Å². The van der Waals surface area contributed by atoms with Crippen molar-refractivity contribution in [1.82, 2.24) is 14.7 Å². The molecule has 0 unspecified atom stereocenters. The Labute approximate surface area is 213 Å². The summed E-state index contributed by atoms with van der Waals surface area (Å²) in [5.74, 6) is -1.07. The molecule has 3 aromatic rings. The van der Waals surface area contributed by atoms with Gasteiger partial charge < -0.3 is 25.0 Å². The van der Waals surface area contributed by atoms with Crippen molar-refractivity contribution in [1.29, 1.82) is 0 Å². The molecule has 11 heteroatoms. The van der Waals surface area contributed by atoms with Crippen LogP contribution in [0.25, 0.3) is 11.3 Å². The van der Waals surface area contributed by atoms with Gasteiger partial charge in [-0.05, 0) is 57.2 Å². The molecular formula is C26H29F2N5O4. The third kappa shape index (κ3) is 6.54. The summed E-state index contributed by atoms with van der Waals surface area (Å²) in [7, 11) is 1.78. The Morgan fingerprint density at radius 3 is 2.54 bits per heavy atom. The summed E-state index contributed by atoms with van der Waals surface area (Å²) in [6.45, 7) is 6.36. The molecule has 1 atom stereocenters. The molecule has 9 nitrogen and oxygen atoms in total. The van der Waals surface area contributed by atoms with Crippen LogP contribution < -0.4 is 15.4 Å². The average Bonchev–Trinajstić information content (AvgIpc) is 3.45. The molecule has 1 aliphatic rings. The smallest absolute Gasteiger partial charge is 0.410 e. The summed E-state index contributed by atoms with van der Waals surface area (Å²) in [5, 5.41) is 9.24. The van der Waals surface area contributed by atoms with E-state index >= 15 is 0 Å². The number of ether oxygens (including phenoxy) is 2. The number of amides is 3. The van der Waals surface area contributed by atoms with Crippen molar-refractivity contribution in [2.45, 2.75) is 38.9 Å². The molecule has 4 rings (SSSR count). The molecule has 1 fully saturated rings. The predicted molar refractivity (Wildman–Crippen MR) is 134 cm³/mol. The number of hydrogen-bond acceptors (Lipinski definition) is 5. The second kappa shape index (κ2) is 10.5. The highest BCUT2D eigenvalue weighted by Gasteiger charge is 2.31. The number of aromatic nitrogens is 2. The molecule has 0 bridgehead atoms. The number of anilines is 2. The summed E-state index contributed by atoms with van der Waals surface area (Å²) in [6, 6.07) is 9.08. The number of urea groups is 1. The van der Waals surface area contributed by atoms with E-state index in [4.69, 9.17) is 9.47 Å². The number of nitrogens with one attached hydrogen (secondary N) is 2. The molecule has 2 N–H and O–H groups in total. The summed E-state index contributed by atoms with van der Waals surface area (Å²) in [6.07, 6.45) is 1.65. The molecule has 0 spiro atoms. The van der Waals surface area contributed by atoms with E-state index in [-0.39, 0.29) is 17.9 Å². The van der Waals surface area contributed by atoms with Crippen molar-refractivity contribution in [3.05, 3.63) is 60.3 Å². The maximum atomic E-state index is 13.9. The van der Waals surface area contributed by atoms with Crippen molar-refractivity contribution < 1.29 is 27.8 Å². The molecule has 3 amide bonds. The van der Waals surface area contributed by atoms with E-state index in [0.717, 1.165) is 17.8 Å². The Kier molecular flexibility index (Phi) is 7.33. The number of carbonyl (C=O) groups excluding carboxylic acids is 2. The van der Waals surface area contributed by atoms with Crippen molar-refractivity contribution in [3.8, 4) is 17.0 Å². The van der Waals surface area contributed by atoms with E-state index < -0.39 is 23.3 Å². The average molecular weight is 514 g/mol. The van der Waals surface area contributed by atoms with Gasteiger partial charge in [-0.1, -0.05) is 0 Å². The molecule has 0 radical (unpaired) electrons. The lowest BCUT2D eigenvalue weighted by molar-refractivity contribution is 0.0276. The normalized spacial score (nSPS) is 15.4. The zero-order valence-electron chi connectivity index (χ0n) is 21.0. The minimum absolute atomic E-state index is 0.151. The molecule has 196 valence electrons. The topological polar surface area (TPSA) is 97.7 Å². The second-order valence-electron chi connectivity index (χ2n) is 9.71. The highest BCUT2D eigenvalue weighted by atomic mass is 19.1. The van der Waals surface area contributed by atoms with Crippen LogP contribution >= 0.6 is 0 Å². The molecular weight excluding hydrogens is 484 g/mol. The lowest BCUT2D eigenvalue weighted by atomic mass is 10.1. The Morgan fingerprint density at radius 1 is 1.08 bits per heavy atom. The number of benzene rings is 2. The summed E-state index contributed by atoms with van der Waals surface area (Å²) in [5.41, 5.74) is 1.10. The Balaban J connectivity index is 1.49. The fourth-order valence-corrected chi connectivity index (χ4v) is 3.92. The Bertz CT molecular complexity index is 1300. The number of carbonyl (C=O) groups is 2. The van der Waals surface area contributed by atoms with Crippen molar-refractivity contribution in [2.24, 2.45) is 7.05 Å². The fraction of sp³-hybridized carbons (Fsp3) is 0.346. The maximum absolute atomic E-state index is 13.9. The van der Waals surface area contributed by atoms with Crippen LogP contribution in [0.15, 0.2) is 48.7 Å². The number of nitrogens with zero attached hydrogens (tertiary/aromatic N) is 3. The fourth-order valence-electron chi connectivity index (χ4n) is 3.92. The van der Waals surface area contributed by atoms with E-state index in [1.807, 2.05) is 26.8 Å². The largest absolute Gasteiger partial charge is 0.488 e. The highest BCUT2D eigenvalue weighted by Crippen LogP contribution is 2.34. The van der Waals surface area contributed by atoms with Crippen LogP contribution in [0.3, 0.4) is 0 Å². The zero-order chi connectivity index (χ0) is 26.7. The summed E-state index contributed by atoms with van der Waals surface area (Å²) in [4.78, 5) is 26.5. The molecule has 2 heterocycles. The predicted octanol–water partition coefficient (Wildman–Crippen LogP) is 5.40. The molecule has 37 heavy (non-hydrogen) atoms. The summed E-state index contributed by atoms with van der Waals surface area (Å²) < 4.78 is 40.4. The Morgan fingerprint density at radius 2 is 1.86 bits per heavy atom. The third-order valence-corrected chi connectivity index (χ3v) is 5.60. The zero-order valence-corrected chi connectivity index (χ0v) is 21.0. The van der Waals surface area contributed by atoms with Gasteiger partial charge in [-0.2, -0.15) is 5.10 Å². The maximum Gasteiger partial charge on any atom is 0.410 e. The summed E-state index contributed by atoms with van der Waals surface area (Å²) >= 11 is 0. The van der Waals surface area contributed by atoms with Crippen LogP contribution in [0.4, 0.5) is 29.7 Å². The minimum atomic E-state index is -0.883. The van der Waals surface area contributed by atoms with Crippen LogP contribution in [-0.4, -0.2) is 51.6 Å². The van der Waals surface area contributed by atoms with E-state index in [1.165, 1.54) is 0 Å². The number of aryl methyl sites for hydroxylation is 1. The van der Waals surface area contributed by atoms with Crippen molar-refractivity contribution >= 4 is 23.5 Å². The molecule has 0 saturated carbocycles. The number of rotatable bonds is 5. The van der Waals surface area contributed by atoms with E-state index in [9.17, 15) is 18.4 Å². The van der Waals surface area contributed by atoms with Gasteiger partial charge in [-0.3, -0.25) is 4.68 Å². The molecule has 0 aliphatic carbocycles. The van der Waals surface area contributed by atoms with Crippen LogP contribution in [-0.2, 0) is 11.8 Å². The van der Waals surface area contributed by atoms with E-state index in [1.54, 1.807) is 41.0 Å². The van der Waals surface area contributed by atoms with Crippen LogP contribution in [0.5, 0.6) is 5.75 Å². The van der Waals surface area contributed by atoms with Gasteiger partial charge in [0.15, 0.2) is 0 Å². The molecule has 1 aromatic heterocycles. The first kappa shape index (κ1) is 25.9. The second-order valence-corrected chi connectivity index (χ2v) is 9.71. The van der Waals surface area contributed by atoms with Gasteiger partial charge in [0.25, 0.3) is 0 Å². The monoisotopic (exact) mass is 513 g/mol. The first-order valence-electron chi connectivity index (χ1n) is 11.8.